The third-order valence-electron chi connectivity index (χ3n) is 5.03. The van der Waals surface area contributed by atoms with Gasteiger partial charge in [-0.15, -0.1) is 0 Å². The predicted molar refractivity (Wildman–Crippen MR) is 107 cm³/mol. The normalized spacial score (nSPS) is 15.1. The number of piperazine rings is 1. The van der Waals surface area contributed by atoms with Gasteiger partial charge >= 0.3 is 0 Å². The summed E-state index contributed by atoms with van der Waals surface area (Å²) in [6, 6.07) is 16.3. The van der Waals surface area contributed by atoms with Gasteiger partial charge in [-0.2, -0.15) is 0 Å². The van der Waals surface area contributed by atoms with Crippen LogP contribution in [-0.2, 0) is 11.3 Å². The number of anilines is 1. The predicted octanol–water partition coefficient (Wildman–Crippen LogP) is 2.01. The third-order valence-corrected chi connectivity index (χ3v) is 5.35. The van der Waals surface area contributed by atoms with Crippen LogP contribution in [0.5, 0.6) is 0 Å². The molecule has 5 heteroatoms. The highest BCUT2D eigenvalue weighted by Crippen LogP contribution is 2.24. The van der Waals surface area contributed by atoms with E-state index in [9.17, 15) is 4.79 Å². The summed E-state index contributed by atoms with van der Waals surface area (Å²) in [5.74, 6) is 0.201. The topological polar surface area (TPSA) is 28.0 Å². The Morgan fingerprint density at radius 3 is 2.42 bits per heavy atom. The van der Waals surface area contributed by atoms with Crippen LogP contribution in [0.2, 0.25) is 5.02 Å². The quantitative estimate of drug-likeness (QED) is 0.869. The first-order valence-electron chi connectivity index (χ1n) is 9.15. The van der Waals surface area contributed by atoms with E-state index in [-0.39, 0.29) is 5.91 Å². The number of aryl methyl sites for hydroxylation is 1. The molecule has 4 nitrogen and oxygen atoms in total. The second-order valence-electron chi connectivity index (χ2n) is 7.10. The zero-order valence-corrected chi connectivity index (χ0v) is 16.3. The number of carbonyl (C=O) groups excluding carboxylic acids is 1. The van der Waals surface area contributed by atoms with E-state index in [2.05, 4.69) is 42.2 Å². The SMILES string of the molecule is Cc1ccc(CN(C)C(=O)C[NH+]2CCN(c3ccccc3Cl)CC2)cc1. The smallest absolute Gasteiger partial charge is 0.277 e. The molecule has 0 spiro atoms. The molecule has 1 saturated heterocycles. The van der Waals surface area contributed by atoms with Crippen LogP contribution < -0.4 is 9.80 Å². The Kier molecular flexibility index (Phi) is 6.17. The van der Waals surface area contributed by atoms with Crippen molar-refractivity contribution in [3.05, 3.63) is 64.7 Å². The van der Waals surface area contributed by atoms with Crippen LogP contribution in [0.1, 0.15) is 11.1 Å². The molecule has 1 aliphatic rings. The number of rotatable bonds is 5. The highest BCUT2D eigenvalue weighted by atomic mass is 35.5. The van der Waals surface area contributed by atoms with Gasteiger partial charge < -0.3 is 14.7 Å². The summed E-state index contributed by atoms with van der Waals surface area (Å²) in [5.41, 5.74) is 3.50. The maximum atomic E-state index is 12.6. The van der Waals surface area contributed by atoms with Gasteiger partial charge in [0.15, 0.2) is 6.54 Å². The van der Waals surface area contributed by atoms with E-state index in [1.165, 1.54) is 16.0 Å². The van der Waals surface area contributed by atoms with Crippen molar-refractivity contribution >= 4 is 23.2 Å². The van der Waals surface area contributed by atoms with Crippen molar-refractivity contribution in [1.29, 1.82) is 0 Å². The first kappa shape index (κ1) is 18.7. The number of hydrogen-bond acceptors (Lipinski definition) is 2. The van der Waals surface area contributed by atoms with Gasteiger partial charge in [0, 0.05) is 13.6 Å². The van der Waals surface area contributed by atoms with Gasteiger partial charge in [-0.3, -0.25) is 4.79 Å². The summed E-state index contributed by atoms with van der Waals surface area (Å²) >= 11 is 6.30. The standard InChI is InChI=1S/C21H26ClN3O/c1-17-7-9-18(10-8-17)15-23(2)21(26)16-24-11-13-25(14-12-24)20-6-4-3-5-19(20)22/h3-10H,11-16H2,1-2H3/p+1. The van der Waals surface area contributed by atoms with Crippen LogP contribution in [0.3, 0.4) is 0 Å². The first-order chi connectivity index (χ1) is 12.5. The molecule has 3 rings (SSSR count). The molecule has 2 aromatic carbocycles. The van der Waals surface area contributed by atoms with Crippen molar-refractivity contribution in [1.82, 2.24) is 4.90 Å². The lowest BCUT2D eigenvalue weighted by molar-refractivity contribution is -0.892. The van der Waals surface area contributed by atoms with Crippen LogP contribution in [0.15, 0.2) is 48.5 Å². The van der Waals surface area contributed by atoms with E-state index in [0.717, 1.165) is 36.9 Å². The highest BCUT2D eigenvalue weighted by molar-refractivity contribution is 6.33. The van der Waals surface area contributed by atoms with Crippen LogP contribution in [0, 0.1) is 6.92 Å². The molecular formula is C21H27ClN3O+. The van der Waals surface area contributed by atoms with Crippen molar-refractivity contribution < 1.29 is 9.69 Å². The van der Waals surface area contributed by atoms with Crippen molar-refractivity contribution in [2.24, 2.45) is 0 Å². The van der Waals surface area contributed by atoms with Crippen molar-refractivity contribution in [2.45, 2.75) is 13.5 Å². The number of likely N-dealkylation sites (N-methyl/N-ethyl adjacent to an activating group) is 1. The van der Waals surface area contributed by atoms with Gasteiger partial charge in [0.2, 0.25) is 0 Å². The molecule has 1 fully saturated rings. The number of nitrogens with zero attached hydrogens (tertiary/aromatic N) is 2. The highest BCUT2D eigenvalue weighted by Gasteiger charge is 2.24. The van der Waals surface area contributed by atoms with Crippen molar-refractivity contribution in [3.63, 3.8) is 0 Å². The molecule has 1 N–H and O–H groups in total. The number of nitrogens with one attached hydrogen (secondary N) is 1. The monoisotopic (exact) mass is 372 g/mol. The number of quaternary nitrogens is 1. The Morgan fingerprint density at radius 2 is 1.77 bits per heavy atom. The minimum absolute atomic E-state index is 0.201. The fourth-order valence-corrected chi connectivity index (χ4v) is 3.61. The molecule has 0 aromatic heterocycles. The van der Waals surface area contributed by atoms with E-state index in [4.69, 9.17) is 11.6 Å². The molecule has 1 aliphatic heterocycles. The van der Waals surface area contributed by atoms with Crippen LogP contribution in [-0.4, -0.2) is 50.6 Å². The largest absolute Gasteiger partial charge is 0.359 e. The maximum Gasteiger partial charge on any atom is 0.277 e. The molecule has 2 aromatic rings. The van der Waals surface area contributed by atoms with E-state index < -0.39 is 0 Å². The molecule has 0 atom stereocenters. The van der Waals surface area contributed by atoms with Crippen molar-refractivity contribution in [2.75, 3.05) is 44.7 Å². The van der Waals surface area contributed by atoms with E-state index in [1.54, 1.807) is 0 Å². The van der Waals surface area contributed by atoms with Gasteiger partial charge in [-0.05, 0) is 24.6 Å². The number of amides is 1. The Hall–Kier alpha value is -2.04. The number of carbonyl (C=O) groups is 1. The molecule has 138 valence electrons. The van der Waals surface area contributed by atoms with E-state index >= 15 is 0 Å². The van der Waals surface area contributed by atoms with Crippen LogP contribution >= 0.6 is 11.6 Å². The van der Waals surface area contributed by atoms with Gasteiger partial charge in [0.05, 0.1) is 36.9 Å². The molecule has 0 saturated carbocycles. The minimum Gasteiger partial charge on any atom is -0.359 e. The van der Waals surface area contributed by atoms with Crippen LogP contribution in [0.25, 0.3) is 0 Å². The molecule has 0 aliphatic carbocycles. The van der Waals surface area contributed by atoms with Gasteiger partial charge in [-0.1, -0.05) is 53.6 Å². The molecule has 0 unspecified atom stereocenters. The summed E-state index contributed by atoms with van der Waals surface area (Å²) < 4.78 is 0. The summed E-state index contributed by atoms with van der Waals surface area (Å²) in [6.45, 7) is 7.05. The van der Waals surface area contributed by atoms with E-state index in [1.807, 2.05) is 30.1 Å². The number of para-hydroxylation sites is 1. The van der Waals surface area contributed by atoms with Gasteiger partial charge in [-0.25, -0.2) is 0 Å². The molecular weight excluding hydrogens is 346 g/mol. The Labute approximate surface area is 161 Å². The molecule has 1 heterocycles. The maximum absolute atomic E-state index is 12.6. The van der Waals surface area contributed by atoms with Crippen LogP contribution in [0.4, 0.5) is 5.69 Å². The zero-order chi connectivity index (χ0) is 18.5. The lowest BCUT2D eigenvalue weighted by Gasteiger charge is -2.34. The Morgan fingerprint density at radius 1 is 1.12 bits per heavy atom. The summed E-state index contributed by atoms with van der Waals surface area (Å²) in [7, 11) is 1.89. The van der Waals surface area contributed by atoms with Crippen molar-refractivity contribution in [3.8, 4) is 0 Å². The van der Waals surface area contributed by atoms with E-state index in [0.29, 0.717) is 13.1 Å². The number of halogens is 1. The number of benzene rings is 2. The molecule has 0 radical (unpaired) electrons. The second-order valence-corrected chi connectivity index (χ2v) is 7.51. The average Bonchev–Trinajstić information content (AvgIpc) is 2.65. The fourth-order valence-electron chi connectivity index (χ4n) is 3.35. The lowest BCUT2D eigenvalue weighted by Crippen LogP contribution is -3.15. The second kappa shape index (κ2) is 8.56. The minimum atomic E-state index is 0.201. The lowest BCUT2D eigenvalue weighted by atomic mass is 10.1. The molecule has 1 amide bonds. The zero-order valence-electron chi connectivity index (χ0n) is 15.5. The molecule has 0 bridgehead atoms. The summed E-state index contributed by atoms with van der Waals surface area (Å²) in [6.07, 6.45) is 0. The fraction of sp³-hybridized carbons (Fsp3) is 0.381. The molecule has 26 heavy (non-hydrogen) atoms. The average molecular weight is 373 g/mol. The third kappa shape index (κ3) is 4.77. The van der Waals surface area contributed by atoms with Gasteiger partial charge in [0.25, 0.3) is 5.91 Å². The van der Waals surface area contributed by atoms with Gasteiger partial charge in [0.1, 0.15) is 0 Å². The summed E-state index contributed by atoms with van der Waals surface area (Å²) in [5, 5.41) is 0.796. The Bertz CT molecular complexity index is 739. The Balaban J connectivity index is 1.48. The first-order valence-corrected chi connectivity index (χ1v) is 9.53. The number of hydrogen-bond donors (Lipinski definition) is 1. The summed E-state index contributed by atoms with van der Waals surface area (Å²) in [4.78, 5) is 18.0.